The molecule has 2 aromatic carbocycles. The van der Waals surface area contributed by atoms with Crippen molar-refractivity contribution in [1.29, 1.82) is 0 Å². The summed E-state index contributed by atoms with van der Waals surface area (Å²) in [5.74, 6) is 1.31. The van der Waals surface area contributed by atoms with Crippen molar-refractivity contribution < 1.29 is 27.8 Å². The number of phenolic OH excluding ortho intramolecular Hbond substituents is 1. The number of ether oxygens (including phenoxy) is 2. The van der Waals surface area contributed by atoms with Crippen LogP contribution in [0.15, 0.2) is 30.5 Å². The molecule has 12 heteroatoms. The number of alkyl halides is 1. The number of hydrogen-bond acceptors (Lipinski definition) is 9. The molecule has 4 fully saturated rings. The number of benzene rings is 2. The molecule has 4 aliphatic heterocycles. The summed E-state index contributed by atoms with van der Waals surface area (Å²) in [6.07, 6.45) is 11.2. The predicted molar refractivity (Wildman–Crippen MR) is 181 cm³/mol. The van der Waals surface area contributed by atoms with Crippen molar-refractivity contribution >= 4 is 27.5 Å². The molecule has 4 saturated heterocycles. The van der Waals surface area contributed by atoms with E-state index in [-0.39, 0.29) is 57.7 Å². The molecule has 0 radical (unpaired) electrons. The number of nitrogens with one attached hydrogen (secondary N) is 1. The van der Waals surface area contributed by atoms with E-state index in [1.807, 2.05) is 6.92 Å². The van der Waals surface area contributed by atoms with Gasteiger partial charge in [0.05, 0.1) is 16.5 Å². The Morgan fingerprint density at radius 3 is 2.90 bits per heavy atom. The Morgan fingerprint density at radius 1 is 1.18 bits per heavy atom. The summed E-state index contributed by atoms with van der Waals surface area (Å²) in [6, 6.07) is 5.68. The predicted octanol–water partition coefficient (Wildman–Crippen LogP) is 5.50. The fourth-order valence-electron chi connectivity index (χ4n) is 8.75. The fraction of sp³-hybridized carbons (Fsp3) is 0.486. The van der Waals surface area contributed by atoms with E-state index in [1.165, 1.54) is 30.5 Å². The molecule has 8 rings (SSSR count). The molecule has 0 spiro atoms. The van der Waals surface area contributed by atoms with Crippen LogP contribution in [0.5, 0.6) is 11.8 Å². The lowest BCUT2D eigenvalue weighted by molar-refractivity contribution is 0.107. The van der Waals surface area contributed by atoms with Gasteiger partial charge in [0.25, 0.3) is 0 Å². The Labute approximate surface area is 282 Å². The van der Waals surface area contributed by atoms with Crippen LogP contribution in [0.2, 0.25) is 0 Å². The smallest absolute Gasteiger partial charge is 0.319 e. The van der Waals surface area contributed by atoms with E-state index >= 15 is 4.39 Å². The second kappa shape index (κ2) is 12.3. The van der Waals surface area contributed by atoms with Crippen molar-refractivity contribution in [3.63, 3.8) is 0 Å². The molecule has 0 aliphatic carbocycles. The van der Waals surface area contributed by atoms with Crippen LogP contribution >= 0.6 is 0 Å². The van der Waals surface area contributed by atoms with Gasteiger partial charge in [-0.3, -0.25) is 9.88 Å². The van der Waals surface area contributed by atoms with Crippen molar-refractivity contribution in [3.05, 3.63) is 47.7 Å². The van der Waals surface area contributed by atoms with E-state index in [0.717, 1.165) is 38.6 Å². The SMILES string of the molecule is C#Cc1c(F)ccc2cc(O)cc(-c3ncc4c(N5CC6CCC(CCOCC)(C5)N6)nc(OC[C@@]56CCCN5C[C@H](F)C6)nc4c3F)c12. The molecule has 256 valence electrons. The average molecular weight is 673 g/mol. The topological polar surface area (TPSA) is 95.9 Å². The third kappa shape index (κ3) is 5.52. The van der Waals surface area contributed by atoms with Gasteiger partial charge in [0.15, 0.2) is 5.82 Å². The lowest BCUT2D eigenvalue weighted by atomic mass is 9.93. The van der Waals surface area contributed by atoms with Gasteiger partial charge < -0.3 is 24.8 Å². The van der Waals surface area contributed by atoms with Gasteiger partial charge in [-0.15, -0.1) is 6.42 Å². The standard InChI is InChI=1S/C37H39F3N6O3/c1-3-26-29(39)7-6-22-14-25(47)15-27(30(22)26)32-31(40)33-28(17-41-32)34(45-19-24-8-10-36(20-45,44-24)11-13-48-4-2)43-35(42-33)49-21-37-9-5-12-46(37)18-23(38)16-37/h1,6-7,14-15,17,23-24,44,47H,4-5,8-13,16,18-21H2,2H3/t23-,24?,36?,37+/m1/s1. The molecule has 6 heterocycles. The third-order valence-corrected chi connectivity index (χ3v) is 11.0. The van der Waals surface area contributed by atoms with E-state index < -0.39 is 23.3 Å². The Hall–Kier alpha value is -4.18. The largest absolute Gasteiger partial charge is 0.508 e. The van der Waals surface area contributed by atoms with Gasteiger partial charge in [-0.05, 0) is 69.2 Å². The zero-order valence-electron chi connectivity index (χ0n) is 27.4. The van der Waals surface area contributed by atoms with Gasteiger partial charge in [0.1, 0.15) is 41.4 Å². The molecule has 2 N–H and O–H groups in total. The summed E-state index contributed by atoms with van der Waals surface area (Å²) in [4.78, 5) is 18.3. The quantitative estimate of drug-likeness (QED) is 0.177. The van der Waals surface area contributed by atoms with Crippen molar-refractivity contribution in [2.24, 2.45) is 0 Å². The highest BCUT2D eigenvalue weighted by atomic mass is 19.1. The Balaban J connectivity index is 1.25. The van der Waals surface area contributed by atoms with Crippen LogP contribution in [0.25, 0.3) is 32.9 Å². The van der Waals surface area contributed by atoms with Crippen LogP contribution in [-0.2, 0) is 4.74 Å². The molecule has 2 aromatic heterocycles. The highest BCUT2D eigenvalue weighted by molar-refractivity contribution is 6.03. The molecule has 9 nitrogen and oxygen atoms in total. The molecule has 0 saturated carbocycles. The number of nitrogens with zero attached hydrogens (tertiary/aromatic N) is 5. The first-order chi connectivity index (χ1) is 23.7. The minimum atomic E-state index is -0.929. The van der Waals surface area contributed by atoms with Crippen molar-refractivity contribution in [1.82, 2.24) is 25.2 Å². The maximum Gasteiger partial charge on any atom is 0.319 e. The molecule has 0 amide bonds. The van der Waals surface area contributed by atoms with Gasteiger partial charge >= 0.3 is 6.01 Å². The zero-order valence-corrected chi connectivity index (χ0v) is 27.4. The Bertz CT molecular complexity index is 1990. The normalized spacial score (nSPS) is 26.5. The fourth-order valence-corrected chi connectivity index (χ4v) is 8.75. The number of fused-ring (bicyclic) bond motifs is 5. The summed E-state index contributed by atoms with van der Waals surface area (Å²) >= 11 is 0. The third-order valence-electron chi connectivity index (χ3n) is 11.0. The Morgan fingerprint density at radius 2 is 2.06 bits per heavy atom. The number of piperazine rings is 1. The van der Waals surface area contributed by atoms with Crippen molar-refractivity contribution in [2.75, 3.05) is 50.9 Å². The molecule has 4 aromatic rings. The minimum absolute atomic E-state index is 0.00699. The lowest BCUT2D eigenvalue weighted by Crippen LogP contribution is -2.60. The highest BCUT2D eigenvalue weighted by Crippen LogP contribution is 2.43. The monoisotopic (exact) mass is 672 g/mol. The van der Waals surface area contributed by atoms with Gasteiger partial charge in [0, 0.05) is 68.0 Å². The number of anilines is 1. The maximum atomic E-state index is 17.0. The molecular formula is C37H39F3N6O3. The van der Waals surface area contributed by atoms with E-state index in [1.54, 1.807) is 0 Å². The molecule has 4 aliphatic rings. The van der Waals surface area contributed by atoms with Crippen molar-refractivity contribution in [3.8, 4) is 35.4 Å². The Kier molecular flexibility index (Phi) is 8.05. The number of phenols is 1. The first-order valence-electron chi connectivity index (χ1n) is 17.1. The summed E-state index contributed by atoms with van der Waals surface area (Å²) in [6.45, 7) is 5.87. The minimum Gasteiger partial charge on any atom is -0.508 e. The van der Waals surface area contributed by atoms with E-state index in [0.29, 0.717) is 55.9 Å². The van der Waals surface area contributed by atoms with Crippen LogP contribution in [0.1, 0.15) is 51.0 Å². The number of halogens is 3. The van der Waals surface area contributed by atoms with Crippen LogP contribution in [0, 0.1) is 24.0 Å². The van der Waals surface area contributed by atoms with Gasteiger partial charge in [-0.2, -0.15) is 9.97 Å². The van der Waals surface area contributed by atoms with Crippen LogP contribution < -0.4 is 15.0 Å². The molecule has 49 heavy (non-hydrogen) atoms. The highest BCUT2D eigenvalue weighted by Gasteiger charge is 2.50. The number of hydrogen-bond donors (Lipinski definition) is 2. The van der Waals surface area contributed by atoms with E-state index in [4.69, 9.17) is 20.9 Å². The zero-order chi connectivity index (χ0) is 33.9. The second-order valence-corrected chi connectivity index (χ2v) is 14.0. The number of terminal acetylenes is 1. The van der Waals surface area contributed by atoms with E-state index in [2.05, 4.69) is 31.0 Å². The summed E-state index contributed by atoms with van der Waals surface area (Å²) < 4.78 is 58.5. The number of aromatic nitrogens is 3. The first kappa shape index (κ1) is 32.0. The molecule has 2 unspecified atom stereocenters. The van der Waals surface area contributed by atoms with Crippen LogP contribution in [0.3, 0.4) is 0 Å². The first-order valence-corrected chi connectivity index (χ1v) is 17.1. The summed E-state index contributed by atoms with van der Waals surface area (Å²) in [5.41, 5.74) is -0.728. The van der Waals surface area contributed by atoms with Crippen LogP contribution in [0.4, 0.5) is 19.0 Å². The maximum absolute atomic E-state index is 17.0. The number of pyridine rings is 1. The molecule has 2 bridgehead atoms. The summed E-state index contributed by atoms with van der Waals surface area (Å²) in [7, 11) is 0. The average Bonchev–Trinajstić information content (AvgIpc) is 3.72. The number of rotatable bonds is 9. The summed E-state index contributed by atoms with van der Waals surface area (Å²) in [5, 5.41) is 15.5. The van der Waals surface area contributed by atoms with Crippen molar-refractivity contribution in [2.45, 2.75) is 68.7 Å². The molecule has 4 atom stereocenters. The number of aromatic hydroxyl groups is 1. The van der Waals surface area contributed by atoms with Gasteiger partial charge in [-0.25, -0.2) is 13.2 Å². The van der Waals surface area contributed by atoms with E-state index in [9.17, 15) is 13.9 Å². The second-order valence-electron chi connectivity index (χ2n) is 14.0. The van der Waals surface area contributed by atoms with Gasteiger partial charge in [0.2, 0.25) is 0 Å². The molecular weight excluding hydrogens is 633 g/mol. The van der Waals surface area contributed by atoms with Gasteiger partial charge in [-0.1, -0.05) is 12.0 Å². The van der Waals surface area contributed by atoms with Crippen LogP contribution in [-0.4, -0.2) is 94.2 Å². The lowest BCUT2D eigenvalue weighted by Gasteiger charge is -2.42.